The molecule has 2 heterocycles. The number of nitrogens with zero attached hydrogens (tertiary/aromatic N) is 4. The highest BCUT2D eigenvalue weighted by Gasteiger charge is 2.20. The van der Waals surface area contributed by atoms with Crippen LogP contribution in [0.5, 0.6) is 0 Å². The maximum absolute atomic E-state index is 12.7. The largest absolute Gasteiger partial charge is 0.449 e. The highest BCUT2D eigenvalue weighted by molar-refractivity contribution is 5.90. The van der Waals surface area contributed by atoms with E-state index < -0.39 is 12.1 Å². The van der Waals surface area contributed by atoms with Gasteiger partial charge < -0.3 is 13.6 Å². The second-order valence-electron chi connectivity index (χ2n) is 8.22. The molecule has 0 saturated heterocycles. The Bertz CT molecular complexity index is 1470. The normalized spacial score (nSPS) is 11.9. The molecule has 0 radical (unpaired) electrons. The van der Waals surface area contributed by atoms with Gasteiger partial charge in [0.15, 0.2) is 6.10 Å². The molecule has 1 atom stereocenters. The molecule has 0 fully saturated rings. The zero-order valence-corrected chi connectivity index (χ0v) is 19.4. The lowest BCUT2D eigenvalue weighted by Crippen LogP contribution is -2.09. The van der Waals surface area contributed by atoms with Crippen molar-refractivity contribution in [1.29, 1.82) is 0 Å². The summed E-state index contributed by atoms with van der Waals surface area (Å²) in [7, 11) is 0. The Labute approximate surface area is 201 Å². The van der Waals surface area contributed by atoms with Crippen molar-refractivity contribution in [2.24, 2.45) is 0 Å². The lowest BCUT2D eigenvalue weighted by atomic mass is 10.1. The lowest BCUT2D eigenvalue weighted by Gasteiger charge is -2.09. The first-order valence-corrected chi connectivity index (χ1v) is 11.1. The summed E-state index contributed by atoms with van der Waals surface area (Å²) >= 11 is 0. The topological polar surface area (TPSA) is 104 Å². The molecule has 0 aliphatic heterocycles. The zero-order valence-electron chi connectivity index (χ0n) is 19.4. The number of benzene rings is 3. The van der Waals surface area contributed by atoms with Crippen LogP contribution in [-0.2, 0) is 4.74 Å². The van der Waals surface area contributed by atoms with Gasteiger partial charge in [-0.05, 0) is 69.3 Å². The van der Waals surface area contributed by atoms with E-state index in [0.717, 1.165) is 22.3 Å². The molecule has 0 N–H and O–H groups in total. The van der Waals surface area contributed by atoms with Gasteiger partial charge in [0, 0.05) is 16.7 Å². The third-order valence-corrected chi connectivity index (χ3v) is 5.43. The van der Waals surface area contributed by atoms with Crippen molar-refractivity contribution in [3.05, 3.63) is 95.4 Å². The fourth-order valence-electron chi connectivity index (χ4n) is 3.47. The van der Waals surface area contributed by atoms with Gasteiger partial charge in [-0.15, -0.1) is 20.4 Å². The fourth-order valence-corrected chi connectivity index (χ4v) is 3.47. The molecule has 35 heavy (non-hydrogen) atoms. The van der Waals surface area contributed by atoms with Gasteiger partial charge in [0.2, 0.25) is 17.7 Å². The minimum atomic E-state index is -0.707. The van der Waals surface area contributed by atoms with Crippen molar-refractivity contribution in [2.45, 2.75) is 26.9 Å². The summed E-state index contributed by atoms with van der Waals surface area (Å²) in [6, 6.07) is 22.3. The Hall–Kier alpha value is -4.59. The van der Waals surface area contributed by atoms with Crippen molar-refractivity contribution in [3.63, 3.8) is 0 Å². The van der Waals surface area contributed by atoms with Crippen molar-refractivity contribution in [3.8, 4) is 34.4 Å². The Balaban J connectivity index is 1.25. The zero-order chi connectivity index (χ0) is 24.4. The van der Waals surface area contributed by atoms with Crippen LogP contribution in [-0.4, -0.2) is 26.4 Å². The number of carbonyl (C=O) groups is 1. The molecule has 0 bridgehead atoms. The van der Waals surface area contributed by atoms with E-state index in [1.54, 1.807) is 31.2 Å². The molecule has 0 spiro atoms. The van der Waals surface area contributed by atoms with E-state index in [0.29, 0.717) is 28.8 Å². The van der Waals surface area contributed by atoms with E-state index in [1.807, 2.05) is 62.4 Å². The van der Waals surface area contributed by atoms with E-state index in [2.05, 4.69) is 20.4 Å². The molecule has 8 heteroatoms. The fraction of sp³-hybridized carbons (Fsp3) is 0.148. The van der Waals surface area contributed by atoms with Gasteiger partial charge in [-0.25, -0.2) is 4.79 Å². The first-order valence-electron chi connectivity index (χ1n) is 11.1. The quantitative estimate of drug-likeness (QED) is 0.281. The predicted octanol–water partition coefficient (Wildman–Crippen LogP) is 5.99. The molecule has 3 aromatic carbocycles. The van der Waals surface area contributed by atoms with E-state index >= 15 is 0 Å². The van der Waals surface area contributed by atoms with Gasteiger partial charge in [0.1, 0.15) is 0 Å². The van der Waals surface area contributed by atoms with Crippen molar-refractivity contribution < 1.29 is 18.4 Å². The van der Waals surface area contributed by atoms with Crippen LogP contribution < -0.4 is 0 Å². The first kappa shape index (κ1) is 22.2. The number of ether oxygens (including phenoxy) is 1. The average Bonchev–Trinajstić information content (AvgIpc) is 3.55. The van der Waals surface area contributed by atoms with Crippen LogP contribution in [0.3, 0.4) is 0 Å². The van der Waals surface area contributed by atoms with Crippen molar-refractivity contribution in [1.82, 2.24) is 20.4 Å². The maximum atomic E-state index is 12.7. The van der Waals surface area contributed by atoms with Crippen molar-refractivity contribution >= 4 is 5.97 Å². The monoisotopic (exact) mass is 466 g/mol. The summed E-state index contributed by atoms with van der Waals surface area (Å²) in [5.74, 6) is 0.886. The van der Waals surface area contributed by atoms with Crippen LogP contribution in [0.2, 0.25) is 0 Å². The van der Waals surface area contributed by atoms with Crippen LogP contribution in [0, 0.1) is 13.8 Å². The number of esters is 1. The first-order chi connectivity index (χ1) is 17.0. The number of hydrogen-bond acceptors (Lipinski definition) is 8. The highest BCUT2D eigenvalue weighted by atomic mass is 16.6. The second-order valence-corrected chi connectivity index (χ2v) is 8.22. The van der Waals surface area contributed by atoms with E-state index in [-0.39, 0.29) is 5.89 Å². The number of aryl methyl sites for hydroxylation is 2. The Morgan fingerprint density at radius 1 is 0.714 bits per heavy atom. The second kappa shape index (κ2) is 9.34. The Morgan fingerprint density at radius 3 is 1.97 bits per heavy atom. The number of aromatic nitrogens is 4. The molecular weight excluding hydrogens is 444 g/mol. The Kier molecular flexibility index (Phi) is 5.93. The van der Waals surface area contributed by atoms with E-state index in [4.69, 9.17) is 13.6 Å². The third kappa shape index (κ3) is 4.86. The molecule has 0 unspecified atom stereocenters. The minimum Gasteiger partial charge on any atom is -0.449 e. The molecule has 0 aliphatic rings. The van der Waals surface area contributed by atoms with E-state index in [1.165, 1.54) is 0 Å². The third-order valence-electron chi connectivity index (χ3n) is 5.43. The van der Waals surface area contributed by atoms with E-state index in [9.17, 15) is 4.79 Å². The molecule has 2 aromatic heterocycles. The number of hydrogen-bond donors (Lipinski definition) is 0. The van der Waals surface area contributed by atoms with Gasteiger partial charge in [-0.2, -0.15) is 0 Å². The molecule has 0 aliphatic carbocycles. The van der Waals surface area contributed by atoms with Gasteiger partial charge >= 0.3 is 5.97 Å². The highest BCUT2D eigenvalue weighted by Crippen LogP contribution is 2.26. The summed E-state index contributed by atoms with van der Waals surface area (Å²) in [5, 5.41) is 16.3. The molecular formula is C27H22N4O4. The minimum absolute atomic E-state index is 0.223. The van der Waals surface area contributed by atoms with Crippen LogP contribution in [0.25, 0.3) is 34.4 Å². The Morgan fingerprint density at radius 2 is 1.31 bits per heavy atom. The molecule has 0 saturated carbocycles. The van der Waals surface area contributed by atoms with Gasteiger partial charge in [-0.1, -0.05) is 35.4 Å². The summed E-state index contributed by atoms with van der Waals surface area (Å²) in [5.41, 5.74) is 4.95. The summed E-state index contributed by atoms with van der Waals surface area (Å²) in [6.45, 7) is 5.68. The van der Waals surface area contributed by atoms with Crippen LogP contribution >= 0.6 is 0 Å². The molecule has 0 amide bonds. The molecule has 5 aromatic rings. The summed E-state index contributed by atoms with van der Waals surface area (Å²) in [6.07, 6.45) is -0.707. The summed E-state index contributed by atoms with van der Waals surface area (Å²) in [4.78, 5) is 12.7. The average molecular weight is 466 g/mol. The van der Waals surface area contributed by atoms with Gasteiger partial charge in [0.05, 0.1) is 5.56 Å². The maximum Gasteiger partial charge on any atom is 0.338 e. The van der Waals surface area contributed by atoms with Crippen molar-refractivity contribution in [2.75, 3.05) is 0 Å². The smallest absolute Gasteiger partial charge is 0.338 e. The van der Waals surface area contributed by atoms with Crippen LogP contribution in [0.1, 0.15) is 40.4 Å². The lowest BCUT2D eigenvalue weighted by molar-refractivity contribution is 0.0280. The molecule has 8 nitrogen and oxygen atoms in total. The molecule has 5 rings (SSSR count). The molecule has 174 valence electrons. The number of rotatable bonds is 6. The SMILES string of the molecule is Cc1ccc(-c2nnc(-c3ccc(C(=O)O[C@H](C)c4nnc(-c5cccc(C)c5)o4)cc3)o2)cc1. The van der Waals surface area contributed by atoms with Crippen LogP contribution in [0.15, 0.2) is 81.6 Å². The number of carbonyl (C=O) groups excluding carboxylic acids is 1. The van der Waals surface area contributed by atoms with Gasteiger partial charge in [-0.3, -0.25) is 0 Å². The summed E-state index contributed by atoms with van der Waals surface area (Å²) < 4.78 is 17.0. The predicted molar refractivity (Wildman–Crippen MR) is 128 cm³/mol. The van der Waals surface area contributed by atoms with Crippen LogP contribution in [0.4, 0.5) is 0 Å². The standard InChI is InChI=1S/C27H22N4O4/c1-16-7-9-19(10-8-16)24-29-30-25(35-24)20-11-13-21(14-12-20)27(32)33-18(3)23-28-31-26(34-23)22-6-4-5-17(2)15-22/h4-15,18H,1-3H3/t18-/m1/s1. The van der Waals surface area contributed by atoms with Gasteiger partial charge in [0.25, 0.3) is 5.89 Å².